The number of benzene rings is 1. The Morgan fingerprint density at radius 3 is 2.61 bits per heavy atom. The zero-order valence-corrected chi connectivity index (χ0v) is 10.9. The van der Waals surface area contributed by atoms with Gasteiger partial charge in [-0.05, 0) is 37.1 Å². The van der Waals surface area contributed by atoms with Gasteiger partial charge in [0.05, 0.1) is 6.61 Å². The van der Waals surface area contributed by atoms with E-state index >= 15 is 0 Å². The second-order valence-corrected chi connectivity index (χ2v) is 4.39. The molecule has 1 rings (SSSR count). The summed E-state index contributed by atoms with van der Waals surface area (Å²) in [7, 11) is 0. The number of nitrogens with zero attached hydrogens (tertiary/aromatic N) is 1. The molecule has 0 unspecified atom stereocenters. The minimum atomic E-state index is -0.405. The lowest BCUT2D eigenvalue weighted by molar-refractivity contribution is 0.0719. The lowest BCUT2D eigenvalue weighted by atomic mass is 10.1. The predicted molar refractivity (Wildman–Crippen MR) is 69.0 cm³/mol. The first kappa shape index (κ1) is 14.6. The van der Waals surface area contributed by atoms with Crippen LogP contribution < -0.4 is 0 Å². The maximum absolute atomic E-state index is 13.3. The number of hydrogen-bond donors (Lipinski definition) is 1. The first-order valence-electron chi connectivity index (χ1n) is 6.25. The molecule has 1 aromatic carbocycles. The highest BCUT2D eigenvalue weighted by atomic mass is 19.1. The molecule has 1 amide bonds. The second kappa shape index (κ2) is 7.11. The van der Waals surface area contributed by atoms with Crippen LogP contribution in [0.2, 0.25) is 0 Å². The molecule has 0 atom stereocenters. The number of aliphatic hydroxyl groups is 1. The highest BCUT2D eigenvalue weighted by Crippen LogP contribution is 2.11. The molecule has 0 aliphatic heterocycles. The SMILES string of the molecule is CCCCN(CCO)C(=O)c1cc(C)cc(F)c1. The molecule has 0 aliphatic rings. The van der Waals surface area contributed by atoms with Crippen molar-refractivity contribution in [2.45, 2.75) is 26.7 Å². The van der Waals surface area contributed by atoms with E-state index in [1.54, 1.807) is 17.9 Å². The normalized spacial score (nSPS) is 10.4. The molecule has 3 nitrogen and oxygen atoms in total. The molecule has 0 radical (unpaired) electrons. The fourth-order valence-corrected chi connectivity index (χ4v) is 1.83. The molecule has 18 heavy (non-hydrogen) atoms. The third-order valence-electron chi connectivity index (χ3n) is 2.73. The van der Waals surface area contributed by atoms with Crippen LogP contribution in [0.1, 0.15) is 35.7 Å². The summed E-state index contributed by atoms with van der Waals surface area (Å²) in [5.41, 5.74) is 1.06. The van der Waals surface area contributed by atoms with Crippen LogP contribution in [0.4, 0.5) is 4.39 Å². The van der Waals surface area contributed by atoms with E-state index in [2.05, 4.69) is 0 Å². The highest BCUT2D eigenvalue weighted by Gasteiger charge is 2.15. The molecule has 0 spiro atoms. The Hall–Kier alpha value is -1.42. The minimum absolute atomic E-state index is 0.0796. The molecule has 1 N–H and O–H groups in total. The first-order valence-corrected chi connectivity index (χ1v) is 6.25. The van der Waals surface area contributed by atoms with Crippen molar-refractivity contribution < 1.29 is 14.3 Å². The van der Waals surface area contributed by atoms with Crippen molar-refractivity contribution >= 4 is 5.91 Å². The summed E-state index contributed by atoms with van der Waals surface area (Å²) in [6.45, 7) is 4.58. The number of aryl methyl sites for hydroxylation is 1. The van der Waals surface area contributed by atoms with Crippen molar-refractivity contribution in [3.63, 3.8) is 0 Å². The molecule has 0 aromatic heterocycles. The molecular weight excluding hydrogens is 233 g/mol. The zero-order chi connectivity index (χ0) is 13.5. The first-order chi connectivity index (χ1) is 8.58. The summed E-state index contributed by atoms with van der Waals surface area (Å²) in [4.78, 5) is 13.8. The third kappa shape index (κ3) is 4.11. The van der Waals surface area contributed by atoms with Crippen LogP contribution in [0.25, 0.3) is 0 Å². The van der Waals surface area contributed by atoms with E-state index in [9.17, 15) is 9.18 Å². The quantitative estimate of drug-likeness (QED) is 0.845. The van der Waals surface area contributed by atoms with Crippen molar-refractivity contribution in [3.05, 3.63) is 35.1 Å². The molecule has 4 heteroatoms. The topological polar surface area (TPSA) is 40.5 Å². The number of amides is 1. The van der Waals surface area contributed by atoms with E-state index in [0.717, 1.165) is 18.4 Å². The Morgan fingerprint density at radius 2 is 2.06 bits per heavy atom. The maximum atomic E-state index is 13.3. The van der Waals surface area contributed by atoms with Crippen molar-refractivity contribution in [1.82, 2.24) is 4.90 Å². The molecule has 100 valence electrons. The van der Waals surface area contributed by atoms with Gasteiger partial charge in [-0.1, -0.05) is 13.3 Å². The van der Waals surface area contributed by atoms with Crippen LogP contribution >= 0.6 is 0 Å². The minimum Gasteiger partial charge on any atom is -0.395 e. The monoisotopic (exact) mass is 253 g/mol. The van der Waals surface area contributed by atoms with Crippen molar-refractivity contribution in [3.8, 4) is 0 Å². The summed E-state index contributed by atoms with van der Waals surface area (Å²) in [5.74, 6) is -0.627. The summed E-state index contributed by atoms with van der Waals surface area (Å²) < 4.78 is 13.3. The van der Waals surface area contributed by atoms with E-state index < -0.39 is 5.82 Å². The number of aliphatic hydroxyl groups excluding tert-OH is 1. The predicted octanol–water partition coefficient (Wildman–Crippen LogP) is 2.37. The molecule has 0 bridgehead atoms. The Balaban J connectivity index is 2.86. The van der Waals surface area contributed by atoms with Gasteiger partial charge in [-0.3, -0.25) is 4.79 Å². The van der Waals surface area contributed by atoms with Gasteiger partial charge in [-0.15, -0.1) is 0 Å². The Labute approximate surface area is 107 Å². The second-order valence-electron chi connectivity index (χ2n) is 4.39. The van der Waals surface area contributed by atoms with Gasteiger partial charge in [0.1, 0.15) is 5.82 Å². The standard InChI is InChI=1S/C14H20FNO2/c1-3-4-5-16(6-7-17)14(18)12-8-11(2)9-13(15)10-12/h8-10,17H,3-7H2,1-2H3. The van der Waals surface area contributed by atoms with Gasteiger partial charge in [-0.25, -0.2) is 4.39 Å². The van der Waals surface area contributed by atoms with Crippen LogP contribution in [0.5, 0.6) is 0 Å². The average molecular weight is 253 g/mol. The number of carbonyl (C=O) groups is 1. The summed E-state index contributed by atoms with van der Waals surface area (Å²) in [6, 6.07) is 4.30. The van der Waals surface area contributed by atoms with Gasteiger partial charge in [0, 0.05) is 18.7 Å². The lowest BCUT2D eigenvalue weighted by Gasteiger charge is -2.21. The molecule has 0 fully saturated rings. The van der Waals surface area contributed by atoms with Crippen LogP contribution in [0.3, 0.4) is 0 Å². The van der Waals surface area contributed by atoms with E-state index in [4.69, 9.17) is 5.11 Å². The van der Waals surface area contributed by atoms with E-state index in [0.29, 0.717) is 12.1 Å². The van der Waals surface area contributed by atoms with Gasteiger partial charge in [0.2, 0.25) is 0 Å². The van der Waals surface area contributed by atoms with Crippen molar-refractivity contribution in [2.75, 3.05) is 19.7 Å². The summed E-state index contributed by atoms with van der Waals surface area (Å²) >= 11 is 0. The largest absolute Gasteiger partial charge is 0.395 e. The number of unbranched alkanes of at least 4 members (excludes halogenated alkanes) is 1. The van der Waals surface area contributed by atoms with Crippen LogP contribution in [-0.4, -0.2) is 35.6 Å². The molecule has 1 aromatic rings. The van der Waals surface area contributed by atoms with Gasteiger partial charge >= 0.3 is 0 Å². The molecular formula is C14H20FNO2. The highest BCUT2D eigenvalue weighted by molar-refractivity contribution is 5.94. The number of halogens is 1. The number of rotatable bonds is 6. The lowest BCUT2D eigenvalue weighted by Crippen LogP contribution is -2.34. The number of carbonyl (C=O) groups excluding carboxylic acids is 1. The van der Waals surface area contributed by atoms with Gasteiger partial charge in [0.15, 0.2) is 0 Å². The Morgan fingerprint density at radius 1 is 1.33 bits per heavy atom. The zero-order valence-electron chi connectivity index (χ0n) is 10.9. The van der Waals surface area contributed by atoms with Crippen LogP contribution in [0, 0.1) is 12.7 Å². The summed E-state index contributed by atoms with van der Waals surface area (Å²) in [5, 5.41) is 8.97. The third-order valence-corrected chi connectivity index (χ3v) is 2.73. The molecule has 0 saturated carbocycles. The van der Waals surface area contributed by atoms with Crippen LogP contribution in [-0.2, 0) is 0 Å². The van der Waals surface area contributed by atoms with Crippen LogP contribution in [0.15, 0.2) is 18.2 Å². The fraction of sp³-hybridized carbons (Fsp3) is 0.500. The fourth-order valence-electron chi connectivity index (χ4n) is 1.83. The molecule has 0 heterocycles. The molecule has 0 aliphatic carbocycles. The van der Waals surface area contributed by atoms with E-state index in [1.807, 2.05) is 6.92 Å². The van der Waals surface area contributed by atoms with E-state index in [-0.39, 0.29) is 19.1 Å². The van der Waals surface area contributed by atoms with Gasteiger partial charge < -0.3 is 10.0 Å². The van der Waals surface area contributed by atoms with Gasteiger partial charge in [0.25, 0.3) is 5.91 Å². The van der Waals surface area contributed by atoms with Crippen molar-refractivity contribution in [2.24, 2.45) is 0 Å². The average Bonchev–Trinajstić information content (AvgIpc) is 2.32. The number of hydrogen-bond acceptors (Lipinski definition) is 2. The maximum Gasteiger partial charge on any atom is 0.254 e. The van der Waals surface area contributed by atoms with Gasteiger partial charge in [-0.2, -0.15) is 0 Å². The smallest absolute Gasteiger partial charge is 0.254 e. The Kier molecular flexibility index (Phi) is 5.78. The van der Waals surface area contributed by atoms with E-state index in [1.165, 1.54) is 12.1 Å². The summed E-state index contributed by atoms with van der Waals surface area (Å²) in [6.07, 6.45) is 1.84. The molecule has 0 saturated heterocycles. The Bertz CT molecular complexity index is 387. The van der Waals surface area contributed by atoms with Crippen molar-refractivity contribution in [1.29, 1.82) is 0 Å².